The van der Waals surface area contributed by atoms with Crippen molar-refractivity contribution >= 4 is 76.9 Å². The maximum Gasteiger partial charge on any atom is 0.326 e. The first-order valence-electron chi connectivity index (χ1n) is 23.1. The molecule has 0 saturated carbocycles. The molecule has 1 heterocycles. The van der Waals surface area contributed by atoms with Crippen molar-refractivity contribution in [2.24, 2.45) is 23.3 Å². The zero-order valence-corrected chi connectivity index (χ0v) is 41.5. The number of carboxylic acid groups (broad SMARTS) is 2. The highest BCUT2D eigenvalue weighted by Gasteiger charge is 2.41. The van der Waals surface area contributed by atoms with Crippen molar-refractivity contribution in [3.63, 3.8) is 0 Å². The Morgan fingerprint density at radius 3 is 1.76 bits per heavy atom. The molecule has 0 aliphatic carbocycles. The smallest absolute Gasteiger partial charge is 0.326 e. The van der Waals surface area contributed by atoms with Crippen molar-refractivity contribution in [2.75, 3.05) is 25.2 Å². The highest BCUT2D eigenvalue weighted by molar-refractivity contribution is 7.98. The first kappa shape index (κ1) is 60.7. The molecule has 1 fully saturated rings. The normalized spacial score (nSPS) is 17.2. The predicted octanol–water partition coefficient (Wildman–Crippen LogP) is -3.80. The second-order valence-corrected chi connectivity index (χ2v) is 18.8. The molecule has 10 atom stereocenters. The zero-order chi connectivity index (χ0) is 53.7. The molecular weight excluding hydrogens is 953 g/mol. The number of aliphatic hydroxyl groups excluding tert-OH is 2. The van der Waals surface area contributed by atoms with Gasteiger partial charge in [0.2, 0.25) is 53.2 Å². The van der Waals surface area contributed by atoms with E-state index < -0.39 is 163 Å². The second kappa shape index (κ2) is 29.7. The summed E-state index contributed by atoms with van der Waals surface area (Å²) in [6.45, 7) is 6.51. The van der Waals surface area contributed by atoms with Gasteiger partial charge in [-0.2, -0.15) is 11.8 Å². The van der Waals surface area contributed by atoms with Gasteiger partial charge in [0.05, 0.1) is 25.2 Å². The molecule has 1 aliphatic rings. The van der Waals surface area contributed by atoms with Gasteiger partial charge in [-0.25, -0.2) is 4.79 Å². The van der Waals surface area contributed by atoms with Gasteiger partial charge in [-0.3, -0.25) is 47.9 Å². The minimum Gasteiger partial charge on any atom is -0.481 e. The summed E-state index contributed by atoms with van der Waals surface area (Å²) >= 11 is 1.41. The highest BCUT2D eigenvalue weighted by Crippen LogP contribution is 2.21. The molecule has 25 nitrogen and oxygen atoms in total. The van der Waals surface area contributed by atoms with Gasteiger partial charge in [0.1, 0.15) is 48.3 Å². The summed E-state index contributed by atoms with van der Waals surface area (Å²) in [5, 5.41) is 56.2. The van der Waals surface area contributed by atoms with E-state index in [1.807, 2.05) is 0 Å². The predicted molar refractivity (Wildman–Crippen MR) is 256 cm³/mol. The van der Waals surface area contributed by atoms with Gasteiger partial charge in [-0.05, 0) is 62.0 Å². The number of hydrogen-bond donors (Lipinski definition) is 13. The SMILES string of the molecule is CSCCC(N)C(=O)NC(C(=O)NC(CC(=O)O)C(=O)NC(CCC(N)=O)C(=O)NC(C(=O)N1CCCC1C(=O)NC(Cc1ccccc1)C(=O)NC(CO)C(=O)NC(C(=O)O)C(C)C)C(C)C)C(C)O. The highest BCUT2D eigenvalue weighted by atomic mass is 32.2. The third-order valence-electron chi connectivity index (χ3n) is 11.4. The van der Waals surface area contributed by atoms with Crippen LogP contribution in [0, 0.1) is 11.8 Å². The fourth-order valence-corrected chi connectivity index (χ4v) is 7.81. The monoisotopic (exact) mass is 1020 g/mol. The number of aliphatic hydroxyl groups is 2. The largest absolute Gasteiger partial charge is 0.481 e. The van der Waals surface area contributed by atoms with Crippen LogP contribution in [0.15, 0.2) is 30.3 Å². The summed E-state index contributed by atoms with van der Waals surface area (Å²) in [7, 11) is 0. The maximum atomic E-state index is 14.3. The number of carbonyl (C=O) groups excluding carboxylic acids is 9. The molecule has 1 aromatic carbocycles. The molecule has 396 valence electrons. The van der Waals surface area contributed by atoms with E-state index in [0.717, 1.165) is 6.92 Å². The van der Waals surface area contributed by atoms with Crippen LogP contribution in [0.3, 0.4) is 0 Å². The lowest BCUT2D eigenvalue weighted by Gasteiger charge is -2.32. The number of thioether (sulfide) groups is 1. The maximum absolute atomic E-state index is 14.3. The van der Waals surface area contributed by atoms with Crippen LogP contribution in [0.2, 0.25) is 0 Å². The first-order valence-corrected chi connectivity index (χ1v) is 24.5. The summed E-state index contributed by atoms with van der Waals surface area (Å²) in [4.78, 5) is 146. The molecule has 1 saturated heterocycles. The Kier molecular flexibility index (Phi) is 25.4. The van der Waals surface area contributed by atoms with Crippen LogP contribution in [0.4, 0.5) is 0 Å². The molecule has 15 N–H and O–H groups in total. The molecule has 0 radical (unpaired) electrons. The molecule has 2 rings (SSSR count). The van der Waals surface area contributed by atoms with E-state index in [1.165, 1.54) is 16.7 Å². The van der Waals surface area contributed by atoms with Gasteiger partial charge in [0.15, 0.2) is 0 Å². The van der Waals surface area contributed by atoms with Crippen LogP contribution in [-0.4, -0.2) is 176 Å². The average Bonchev–Trinajstić information content (AvgIpc) is 3.80. The van der Waals surface area contributed by atoms with Crippen LogP contribution in [0.1, 0.15) is 78.7 Å². The number of hydrogen-bond acceptors (Lipinski definition) is 15. The summed E-state index contributed by atoms with van der Waals surface area (Å²) in [5.74, 6) is -12.2. The lowest BCUT2D eigenvalue weighted by Crippen LogP contribution is -2.62. The van der Waals surface area contributed by atoms with Gasteiger partial charge in [-0.1, -0.05) is 58.0 Å². The van der Waals surface area contributed by atoms with Crippen molar-refractivity contribution in [2.45, 2.75) is 140 Å². The van der Waals surface area contributed by atoms with Crippen LogP contribution in [0.5, 0.6) is 0 Å². The van der Waals surface area contributed by atoms with Gasteiger partial charge >= 0.3 is 11.9 Å². The Hall–Kier alpha value is -6.38. The molecule has 0 spiro atoms. The average molecular weight is 1020 g/mol. The first-order chi connectivity index (χ1) is 33.3. The van der Waals surface area contributed by atoms with Crippen molar-refractivity contribution in [3.8, 4) is 0 Å². The second-order valence-electron chi connectivity index (χ2n) is 17.8. The Morgan fingerprint density at radius 2 is 1.23 bits per heavy atom. The number of likely N-dealkylation sites (tertiary alicyclic amines) is 1. The standard InChI is InChI=1S/C45H70N10O15S/c1-22(2)34(52-38(62)27(14-15-32(47)58)48-40(64)29(20-33(59)60)50-43(67)36(24(5)57)54-37(61)26(46)16-18-71-6)44(68)55-17-10-13-31(55)42(66)49-28(19-25-11-8-7-9-12-25)39(63)51-30(21-56)41(65)53-35(23(3)4)45(69)70/h7-9,11-12,22-24,26-31,34-36,56-57H,10,13-21,46H2,1-6H3,(H2,47,58)(H,48,64)(H,49,66)(H,50,67)(H,51,63)(H,52,62)(H,53,65)(H,54,61)(H,59,60)(H,69,70). The number of nitrogens with zero attached hydrogens (tertiary/aromatic N) is 1. The van der Waals surface area contributed by atoms with E-state index >= 15 is 0 Å². The molecule has 10 unspecified atom stereocenters. The van der Waals surface area contributed by atoms with E-state index in [2.05, 4.69) is 37.2 Å². The molecular formula is C45H70N10O15S. The summed E-state index contributed by atoms with van der Waals surface area (Å²) in [6, 6.07) is -4.82. The van der Waals surface area contributed by atoms with Crippen LogP contribution < -0.4 is 48.7 Å². The van der Waals surface area contributed by atoms with E-state index in [9.17, 15) is 73.2 Å². The number of rotatable bonds is 30. The fourth-order valence-electron chi connectivity index (χ4n) is 7.32. The minimum absolute atomic E-state index is 0.0228. The number of carboxylic acids is 2. The Labute approximate surface area is 415 Å². The third kappa shape index (κ3) is 19.7. The van der Waals surface area contributed by atoms with E-state index in [1.54, 1.807) is 64.3 Å². The van der Waals surface area contributed by atoms with Gasteiger partial charge in [-0.15, -0.1) is 0 Å². The number of carbonyl (C=O) groups is 11. The lowest BCUT2D eigenvalue weighted by atomic mass is 10.00. The van der Waals surface area contributed by atoms with E-state index in [0.29, 0.717) is 17.7 Å². The molecule has 0 aromatic heterocycles. The topological polar surface area (TPSA) is 408 Å². The van der Waals surface area contributed by atoms with Gasteiger partial charge in [0, 0.05) is 19.4 Å². The molecule has 9 amide bonds. The molecule has 0 bridgehead atoms. The van der Waals surface area contributed by atoms with E-state index in [4.69, 9.17) is 11.5 Å². The number of nitrogens with one attached hydrogen (secondary N) is 7. The van der Waals surface area contributed by atoms with E-state index in [-0.39, 0.29) is 25.8 Å². The Morgan fingerprint density at radius 1 is 0.690 bits per heavy atom. The number of primary amides is 1. The molecule has 71 heavy (non-hydrogen) atoms. The quantitative estimate of drug-likeness (QED) is 0.0351. The van der Waals surface area contributed by atoms with Crippen molar-refractivity contribution in [1.29, 1.82) is 0 Å². The van der Waals surface area contributed by atoms with Crippen LogP contribution in [-0.2, 0) is 59.2 Å². The number of benzene rings is 1. The van der Waals surface area contributed by atoms with Gasteiger partial charge in [0.25, 0.3) is 0 Å². The van der Waals surface area contributed by atoms with Crippen molar-refractivity contribution < 1.29 is 73.2 Å². The summed E-state index contributed by atoms with van der Waals surface area (Å²) in [5.41, 5.74) is 11.8. The molecule has 1 aliphatic heterocycles. The molecule has 1 aromatic rings. The number of nitrogens with two attached hydrogens (primary N) is 2. The number of aliphatic carboxylic acids is 2. The number of amides is 9. The third-order valence-corrected chi connectivity index (χ3v) is 12.0. The van der Waals surface area contributed by atoms with Crippen molar-refractivity contribution in [3.05, 3.63) is 35.9 Å². The lowest BCUT2D eigenvalue weighted by molar-refractivity contribution is -0.144. The molecule has 26 heteroatoms. The Balaban J connectivity index is 2.37. The Bertz CT molecular complexity index is 2050. The minimum atomic E-state index is -1.91. The summed E-state index contributed by atoms with van der Waals surface area (Å²) in [6.07, 6.45) is -1.22. The summed E-state index contributed by atoms with van der Waals surface area (Å²) < 4.78 is 0. The fraction of sp³-hybridized carbons (Fsp3) is 0.622. The van der Waals surface area contributed by atoms with Gasteiger partial charge < -0.3 is 74.0 Å². The zero-order valence-electron chi connectivity index (χ0n) is 40.7. The van der Waals surface area contributed by atoms with Crippen LogP contribution in [0.25, 0.3) is 0 Å². The van der Waals surface area contributed by atoms with Crippen LogP contribution >= 0.6 is 11.8 Å². The van der Waals surface area contributed by atoms with Crippen molar-refractivity contribution in [1.82, 2.24) is 42.1 Å².